The highest BCUT2D eigenvalue weighted by atomic mass is 16.5. The number of hydrogen-bond donors (Lipinski definition) is 0. The minimum absolute atomic E-state index is 0.0584. The van der Waals surface area contributed by atoms with E-state index in [1.807, 2.05) is 6.92 Å². The summed E-state index contributed by atoms with van der Waals surface area (Å²) >= 11 is 0. The molecule has 2 heteroatoms. The number of rotatable bonds is 0. The van der Waals surface area contributed by atoms with Crippen molar-refractivity contribution in [3.63, 3.8) is 0 Å². The van der Waals surface area contributed by atoms with Crippen LogP contribution in [0.25, 0.3) is 0 Å². The molecule has 1 heterocycles. The Morgan fingerprint density at radius 3 is 3.00 bits per heavy atom. The first-order valence-corrected chi connectivity index (χ1v) is 2.61. The molecule has 0 unspecified atom stereocenters. The Labute approximate surface area is 48.1 Å². The summed E-state index contributed by atoms with van der Waals surface area (Å²) in [5, 5.41) is 0. The molecule has 0 aromatic carbocycles. The van der Waals surface area contributed by atoms with Crippen molar-refractivity contribution in [3.8, 4) is 0 Å². The topological polar surface area (TPSA) is 26.3 Å². The lowest BCUT2D eigenvalue weighted by atomic mass is 10.2. The number of hydrogen-bond acceptors (Lipinski definition) is 2. The van der Waals surface area contributed by atoms with E-state index in [4.69, 9.17) is 4.74 Å². The van der Waals surface area contributed by atoms with Crippen molar-refractivity contribution in [1.82, 2.24) is 0 Å². The lowest BCUT2D eigenvalue weighted by molar-refractivity contribution is -0.121. The van der Waals surface area contributed by atoms with Crippen LogP contribution in [0.4, 0.5) is 0 Å². The van der Waals surface area contributed by atoms with E-state index in [0.717, 1.165) is 0 Å². The summed E-state index contributed by atoms with van der Waals surface area (Å²) in [7, 11) is 0. The van der Waals surface area contributed by atoms with Crippen molar-refractivity contribution < 1.29 is 9.53 Å². The van der Waals surface area contributed by atoms with Crippen LogP contribution in [0.5, 0.6) is 0 Å². The lowest BCUT2D eigenvalue weighted by Gasteiger charge is -2.10. The molecular weight excluding hydrogens is 104 g/mol. The van der Waals surface area contributed by atoms with Crippen LogP contribution in [0.1, 0.15) is 6.92 Å². The quantitative estimate of drug-likeness (QED) is 0.457. The third-order valence-corrected chi connectivity index (χ3v) is 1.04. The SMILES string of the molecule is C[C@@H]1C=CC(=O)CO1. The van der Waals surface area contributed by atoms with E-state index in [1.54, 1.807) is 12.2 Å². The molecule has 0 aromatic rings. The first kappa shape index (κ1) is 5.51. The fraction of sp³-hybridized carbons (Fsp3) is 0.500. The second kappa shape index (κ2) is 2.09. The van der Waals surface area contributed by atoms with E-state index < -0.39 is 0 Å². The zero-order valence-corrected chi connectivity index (χ0v) is 4.76. The van der Waals surface area contributed by atoms with Gasteiger partial charge in [0.1, 0.15) is 6.61 Å². The molecule has 0 saturated heterocycles. The van der Waals surface area contributed by atoms with Gasteiger partial charge in [0, 0.05) is 0 Å². The molecule has 1 atom stereocenters. The van der Waals surface area contributed by atoms with Gasteiger partial charge in [0.05, 0.1) is 6.10 Å². The van der Waals surface area contributed by atoms with Gasteiger partial charge in [0.15, 0.2) is 5.78 Å². The summed E-state index contributed by atoms with van der Waals surface area (Å²) in [6, 6.07) is 0. The molecule has 0 aromatic heterocycles. The van der Waals surface area contributed by atoms with Crippen LogP contribution in [0.15, 0.2) is 12.2 Å². The predicted octanol–water partition coefficient (Wildman–Crippen LogP) is 0.530. The summed E-state index contributed by atoms with van der Waals surface area (Å²) in [5.74, 6) is 0.0584. The van der Waals surface area contributed by atoms with Crippen molar-refractivity contribution in [3.05, 3.63) is 12.2 Å². The van der Waals surface area contributed by atoms with Gasteiger partial charge < -0.3 is 4.74 Å². The third kappa shape index (κ3) is 1.17. The minimum atomic E-state index is 0.0584. The standard InChI is InChI=1S/C6H8O2/c1-5-2-3-6(7)4-8-5/h2-3,5H,4H2,1H3/t5-/m1/s1. The Bertz CT molecular complexity index is 126. The van der Waals surface area contributed by atoms with E-state index in [9.17, 15) is 4.79 Å². The average Bonchev–Trinajstić information content (AvgIpc) is 1.77. The van der Waals surface area contributed by atoms with Gasteiger partial charge in [-0.3, -0.25) is 4.79 Å². The highest BCUT2D eigenvalue weighted by Crippen LogP contribution is 1.98. The van der Waals surface area contributed by atoms with Gasteiger partial charge in [0.2, 0.25) is 0 Å². The van der Waals surface area contributed by atoms with E-state index >= 15 is 0 Å². The Morgan fingerprint density at radius 2 is 2.62 bits per heavy atom. The number of ether oxygens (including phenoxy) is 1. The summed E-state index contributed by atoms with van der Waals surface area (Å²) in [6.45, 7) is 2.15. The fourth-order valence-electron chi connectivity index (χ4n) is 0.560. The molecule has 0 bridgehead atoms. The van der Waals surface area contributed by atoms with Gasteiger partial charge in [0.25, 0.3) is 0 Å². The molecular formula is C6H8O2. The molecule has 0 amide bonds. The van der Waals surface area contributed by atoms with Crippen molar-refractivity contribution in [2.75, 3.05) is 6.61 Å². The van der Waals surface area contributed by atoms with Crippen LogP contribution in [0.3, 0.4) is 0 Å². The maximum absolute atomic E-state index is 10.4. The minimum Gasteiger partial charge on any atom is -0.366 e. The summed E-state index contributed by atoms with van der Waals surface area (Å²) in [4.78, 5) is 10.4. The molecule has 44 valence electrons. The molecule has 0 aliphatic carbocycles. The molecule has 8 heavy (non-hydrogen) atoms. The lowest BCUT2D eigenvalue weighted by Crippen LogP contribution is -2.17. The van der Waals surface area contributed by atoms with Gasteiger partial charge in [-0.15, -0.1) is 0 Å². The second-order valence-electron chi connectivity index (χ2n) is 1.84. The van der Waals surface area contributed by atoms with Crippen LogP contribution in [0.2, 0.25) is 0 Å². The fourth-order valence-corrected chi connectivity index (χ4v) is 0.560. The van der Waals surface area contributed by atoms with E-state index in [0.29, 0.717) is 0 Å². The van der Waals surface area contributed by atoms with Gasteiger partial charge in [-0.25, -0.2) is 0 Å². The van der Waals surface area contributed by atoms with Crippen LogP contribution in [-0.2, 0) is 9.53 Å². The number of carbonyl (C=O) groups is 1. The molecule has 1 rings (SSSR count). The Kier molecular flexibility index (Phi) is 1.44. The third-order valence-electron chi connectivity index (χ3n) is 1.04. The zero-order valence-electron chi connectivity index (χ0n) is 4.76. The molecule has 1 aliphatic heterocycles. The first-order valence-electron chi connectivity index (χ1n) is 2.61. The average molecular weight is 112 g/mol. The van der Waals surface area contributed by atoms with Crippen LogP contribution < -0.4 is 0 Å². The molecule has 0 saturated carbocycles. The molecule has 0 N–H and O–H groups in total. The maximum Gasteiger partial charge on any atom is 0.181 e. The highest BCUT2D eigenvalue weighted by Gasteiger charge is 2.06. The van der Waals surface area contributed by atoms with Gasteiger partial charge >= 0.3 is 0 Å². The van der Waals surface area contributed by atoms with E-state index in [-0.39, 0.29) is 18.5 Å². The summed E-state index contributed by atoms with van der Waals surface area (Å²) in [5.41, 5.74) is 0. The maximum atomic E-state index is 10.4. The Balaban J connectivity index is 2.55. The monoisotopic (exact) mass is 112 g/mol. The van der Waals surface area contributed by atoms with Crippen molar-refractivity contribution in [2.24, 2.45) is 0 Å². The number of ketones is 1. The van der Waals surface area contributed by atoms with Gasteiger partial charge in [-0.2, -0.15) is 0 Å². The van der Waals surface area contributed by atoms with Crippen molar-refractivity contribution >= 4 is 5.78 Å². The smallest absolute Gasteiger partial charge is 0.181 e. The Hall–Kier alpha value is -0.630. The molecule has 0 fully saturated rings. The normalized spacial score (nSPS) is 28.6. The van der Waals surface area contributed by atoms with Gasteiger partial charge in [-0.1, -0.05) is 6.08 Å². The van der Waals surface area contributed by atoms with E-state index in [2.05, 4.69) is 0 Å². The highest BCUT2D eigenvalue weighted by molar-refractivity contribution is 5.91. The summed E-state index contributed by atoms with van der Waals surface area (Å²) < 4.78 is 4.95. The largest absolute Gasteiger partial charge is 0.366 e. The zero-order chi connectivity index (χ0) is 5.98. The Morgan fingerprint density at radius 1 is 1.88 bits per heavy atom. The van der Waals surface area contributed by atoms with Gasteiger partial charge in [-0.05, 0) is 13.0 Å². The van der Waals surface area contributed by atoms with Crippen molar-refractivity contribution in [1.29, 1.82) is 0 Å². The molecule has 0 spiro atoms. The molecule has 2 nitrogen and oxygen atoms in total. The van der Waals surface area contributed by atoms with Crippen molar-refractivity contribution in [2.45, 2.75) is 13.0 Å². The number of carbonyl (C=O) groups excluding carboxylic acids is 1. The second-order valence-corrected chi connectivity index (χ2v) is 1.84. The molecule has 1 aliphatic rings. The predicted molar refractivity (Wildman–Crippen MR) is 29.6 cm³/mol. The van der Waals surface area contributed by atoms with Crippen LogP contribution in [-0.4, -0.2) is 18.5 Å². The summed E-state index contributed by atoms with van der Waals surface area (Å²) in [6.07, 6.45) is 3.44. The van der Waals surface area contributed by atoms with E-state index in [1.165, 1.54) is 0 Å². The molecule has 0 radical (unpaired) electrons. The van der Waals surface area contributed by atoms with Crippen LogP contribution in [0, 0.1) is 0 Å². The first-order chi connectivity index (χ1) is 3.79. The van der Waals surface area contributed by atoms with Crippen LogP contribution >= 0.6 is 0 Å².